The summed E-state index contributed by atoms with van der Waals surface area (Å²) in [4.78, 5) is 14.4. The second-order valence-electron chi connectivity index (χ2n) is 6.12. The van der Waals surface area contributed by atoms with Gasteiger partial charge in [0.2, 0.25) is 0 Å². The minimum atomic E-state index is 0.0325. The molecule has 0 spiro atoms. The number of nitrogens with one attached hydrogen (secondary N) is 2. The van der Waals surface area contributed by atoms with Crippen molar-refractivity contribution in [3.63, 3.8) is 0 Å². The lowest BCUT2D eigenvalue weighted by atomic mass is 9.93. The minimum Gasteiger partial charge on any atom is -0.396 e. The van der Waals surface area contributed by atoms with E-state index in [1.54, 1.807) is 0 Å². The summed E-state index contributed by atoms with van der Waals surface area (Å²) in [5.74, 6) is 0. The Morgan fingerprint density at radius 3 is 3.24 bits per heavy atom. The van der Waals surface area contributed by atoms with Gasteiger partial charge in [0, 0.05) is 30.9 Å². The van der Waals surface area contributed by atoms with Gasteiger partial charge in [0.15, 0.2) is 0 Å². The molecule has 0 radical (unpaired) electrons. The maximum atomic E-state index is 12.5. The molecule has 3 rings (SSSR count). The molecule has 1 fully saturated rings. The van der Waals surface area contributed by atoms with Crippen molar-refractivity contribution in [2.45, 2.75) is 57.0 Å². The average Bonchev–Trinajstić information content (AvgIpc) is 2.95. The zero-order chi connectivity index (χ0) is 14.7. The number of piperidine rings is 1. The van der Waals surface area contributed by atoms with Crippen LogP contribution in [0.2, 0.25) is 0 Å². The summed E-state index contributed by atoms with van der Waals surface area (Å²) in [7, 11) is 0. The van der Waals surface area contributed by atoms with Crippen molar-refractivity contribution in [1.82, 2.24) is 20.4 Å². The van der Waals surface area contributed by atoms with Gasteiger partial charge in [-0.2, -0.15) is 5.10 Å². The highest BCUT2D eigenvalue weighted by Crippen LogP contribution is 2.22. The van der Waals surface area contributed by atoms with Gasteiger partial charge in [-0.15, -0.1) is 0 Å². The third-order valence-electron chi connectivity index (χ3n) is 4.69. The van der Waals surface area contributed by atoms with E-state index in [-0.39, 0.29) is 24.7 Å². The molecule has 2 amide bonds. The summed E-state index contributed by atoms with van der Waals surface area (Å²) in [5.41, 5.74) is 2.42. The van der Waals surface area contributed by atoms with E-state index in [1.807, 2.05) is 11.1 Å². The molecule has 1 aliphatic heterocycles. The highest BCUT2D eigenvalue weighted by molar-refractivity contribution is 5.75. The fraction of sp³-hybridized carbons (Fsp3) is 0.733. The average molecular weight is 292 g/mol. The number of amides is 2. The monoisotopic (exact) mass is 292 g/mol. The number of rotatable bonds is 3. The van der Waals surface area contributed by atoms with Crippen LogP contribution in [0.3, 0.4) is 0 Å². The van der Waals surface area contributed by atoms with Crippen LogP contribution < -0.4 is 5.32 Å². The van der Waals surface area contributed by atoms with Crippen LogP contribution in [-0.2, 0) is 12.8 Å². The van der Waals surface area contributed by atoms with Gasteiger partial charge in [-0.05, 0) is 50.5 Å². The predicted molar refractivity (Wildman–Crippen MR) is 79.0 cm³/mol. The molecule has 2 atom stereocenters. The standard InChI is InChI=1S/C15H24N4O2/c20-8-6-13-3-1-2-7-19(13)15(21)17-12-4-5-14-11(9-12)10-16-18-14/h10,12-13,20H,1-9H2,(H,16,18)(H,17,21). The number of hydrogen-bond acceptors (Lipinski definition) is 3. The van der Waals surface area contributed by atoms with Crippen LogP contribution in [-0.4, -0.2) is 51.5 Å². The molecule has 2 aliphatic rings. The van der Waals surface area contributed by atoms with E-state index in [2.05, 4.69) is 15.5 Å². The lowest BCUT2D eigenvalue weighted by Crippen LogP contribution is -2.52. The summed E-state index contributed by atoms with van der Waals surface area (Å²) >= 11 is 0. The fourth-order valence-electron chi connectivity index (χ4n) is 3.51. The number of urea groups is 1. The SMILES string of the molecule is O=C(NC1CCc2[nH]ncc2C1)N1CCCCC1CCO. The Kier molecular flexibility index (Phi) is 4.43. The van der Waals surface area contributed by atoms with Crippen molar-refractivity contribution in [1.29, 1.82) is 0 Å². The van der Waals surface area contributed by atoms with Crippen molar-refractivity contribution in [3.8, 4) is 0 Å². The van der Waals surface area contributed by atoms with Crippen molar-refractivity contribution in [3.05, 3.63) is 17.5 Å². The Morgan fingerprint density at radius 2 is 2.38 bits per heavy atom. The normalized spacial score (nSPS) is 25.5. The molecule has 2 unspecified atom stereocenters. The Labute approximate surface area is 124 Å². The summed E-state index contributed by atoms with van der Waals surface area (Å²) in [5, 5.41) is 19.4. The number of aromatic amines is 1. The minimum absolute atomic E-state index is 0.0325. The number of carbonyl (C=O) groups is 1. The Balaban J connectivity index is 1.58. The smallest absolute Gasteiger partial charge is 0.317 e. The van der Waals surface area contributed by atoms with Crippen LogP contribution in [0.1, 0.15) is 43.4 Å². The number of aliphatic hydroxyl groups is 1. The highest BCUT2D eigenvalue weighted by Gasteiger charge is 2.29. The first-order valence-corrected chi connectivity index (χ1v) is 7.97. The van der Waals surface area contributed by atoms with Crippen molar-refractivity contribution >= 4 is 6.03 Å². The van der Waals surface area contributed by atoms with E-state index < -0.39 is 0 Å². The van der Waals surface area contributed by atoms with Crippen LogP contribution in [0.15, 0.2) is 6.20 Å². The zero-order valence-electron chi connectivity index (χ0n) is 12.3. The molecule has 0 saturated carbocycles. The topological polar surface area (TPSA) is 81.2 Å². The molecule has 1 aromatic rings. The summed E-state index contributed by atoms with van der Waals surface area (Å²) in [6.45, 7) is 0.955. The number of aryl methyl sites for hydroxylation is 1. The number of H-pyrrole nitrogens is 1. The molecule has 3 N–H and O–H groups in total. The van der Waals surface area contributed by atoms with E-state index in [1.165, 1.54) is 11.3 Å². The largest absolute Gasteiger partial charge is 0.396 e. The lowest BCUT2D eigenvalue weighted by Gasteiger charge is -2.37. The molecule has 6 heteroatoms. The lowest BCUT2D eigenvalue weighted by molar-refractivity contribution is 0.129. The molecule has 21 heavy (non-hydrogen) atoms. The van der Waals surface area contributed by atoms with E-state index in [4.69, 9.17) is 5.11 Å². The summed E-state index contributed by atoms with van der Waals surface area (Å²) in [6.07, 6.45) is 8.52. The number of hydrogen-bond donors (Lipinski definition) is 3. The van der Waals surface area contributed by atoms with Crippen LogP contribution in [0.4, 0.5) is 4.79 Å². The molecular weight excluding hydrogens is 268 g/mol. The molecule has 6 nitrogen and oxygen atoms in total. The Morgan fingerprint density at radius 1 is 1.48 bits per heavy atom. The highest BCUT2D eigenvalue weighted by atomic mass is 16.3. The first-order valence-electron chi connectivity index (χ1n) is 7.97. The van der Waals surface area contributed by atoms with Gasteiger partial charge >= 0.3 is 6.03 Å². The zero-order valence-corrected chi connectivity index (χ0v) is 12.3. The number of nitrogens with zero attached hydrogens (tertiary/aromatic N) is 2. The van der Waals surface area contributed by atoms with Crippen LogP contribution in [0.25, 0.3) is 0 Å². The molecule has 1 aliphatic carbocycles. The van der Waals surface area contributed by atoms with Gasteiger partial charge < -0.3 is 15.3 Å². The van der Waals surface area contributed by atoms with E-state index >= 15 is 0 Å². The second-order valence-corrected chi connectivity index (χ2v) is 6.12. The second kappa shape index (κ2) is 6.47. The molecular formula is C15H24N4O2. The quantitative estimate of drug-likeness (QED) is 0.783. The Hall–Kier alpha value is -1.56. The van der Waals surface area contributed by atoms with Crippen molar-refractivity contribution in [2.24, 2.45) is 0 Å². The van der Waals surface area contributed by atoms with Gasteiger partial charge in [-0.3, -0.25) is 5.10 Å². The van der Waals surface area contributed by atoms with Gasteiger partial charge in [-0.1, -0.05) is 0 Å². The van der Waals surface area contributed by atoms with E-state index in [0.29, 0.717) is 6.42 Å². The number of aromatic nitrogens is 2. The molecule has 116 valence electrons. The van der Waals surface area contributed by atoms with Gasteiger partial charge in [0.25, 0.3) is 0 Å². The van der Waals surface area contributed by atoms with Gasteiger partial charge in [0.1, 0.15) is 0 Å². The number of likely N-dealkylation sites (tertiary alicyclic amines) is 1. The predicted octanol–water partition coefficient (Wildman–Crippen LogP) is 1.21. The molecule has 1 aromatic heterocycles. The van der Waals surface area contributed by atoms with Gasteiger partial charge in [0.05, 0.1) is 6.20 Å². The van der Waals surface area contributed by atoms with Gasteiger partial charge in [-0.25, -0.2) is 4.79 Å². The molecule has 0 bridgehead atoms. The summed E-state index contributed by atoms with van der Waals surface area (Å²) < 4.78 is 0. The fourth-order valence-corrected chi connectivity index (χ4v) is 3.51. The van der Waals surface area contributed by atoms with E-state index in [9.17, 15) is 4.79 Å². The van der Waals surface area contributed by atoms with Crippen molar-refractivity contribution in [2.75, 3.05) is 13.2 Å². The first kappa shape index (κ1) is 14.4. The van der Waals surface area contributed by atoms with Crippen LogP contribution in [0, 0.1) is 0 Å². The Bertz CT molecular complexity index is 486. The van der Waals surface area contributed by atoms with Crippen molar-refractivity contribution < 1.29 is 9.90 Å². The third-order valence-corrected chi connectivity index (χ3v) is 4.69. The summed E-state index contributed by atoms with van der Waals surface area (Å²) in [6, 6.07) is 0.418. The first-order chi connectivity index (χ1) is 10.3. The van der Waals surface area contributed by atoms with Crippen LogP contribution in [0.5, 0.6) is 0 Å². The number of aliphatic hydroxyl groups excluding tert-OH is 1. The number of carbonyl (C=O) groups excluding carboxylic acids is 1. The molecule has 2 heterocycles. The maximum absolute atomic E-state index is 12.5. The molecule has 1 saturated heterocycles. The molecule has 0 aromatic carbocycles. The van der Waals surface area contributed by atoms with Crippen LogP contribution >= 0.6 is 0 Å². The maximum Gasteiger partial charge on any atom is 0.317 e. The number of fused-ring (bicyclic) bond motifs is 1. The third kappa shape index (κ3) is 3.20. The van der Waals surface area contributed by atoms with E-state index in [0.717, 1.165) is 45.1 Å².